The van der Waals surface area contributed by atoms with Crippen molar-refractivity contribution < 1.29 is 14.4 Å². The standard InChI is InChI=1S/C24H19ClN2O3/c1-15-6-5-9-19(14-15)26-23(28)20-21(16-10-12-17(25)13-11-16)27(30-22(20)24(26)29)18-7-3-2-4-8-18/h2-14,20-22H,1H3/t20-,21-,22-/m1/s1. The Morgan fingerprint density at radius 3 is 2.23 bits per heavy atom. The summed E-state index contributed by atoms with van der Waals surface area (Å²) < 4.78 is 0. The van der Waals surface area contributed by atoms with Gasteiger partial charge < -0.3 is 0 Å². The van der Waals surface area contributed by atoms with Gasteiger partial charge in [0.25, 0.3) is 5.91 Å². The minimum Gasteiger partial charge on any atom is -0.273 e. The molecule has 0 radical (unpaired) electrons. The molecule has 2 aliphatic rings. The quantitative estimate of drug-likeness (QED) is 0.578. The van der Waals surface area contributed by atoms with E-state index in [1.54, 1.807) is 23.3 Å². The molecule has 3 atom stereocenters. The third-order valence-electron chi connectivity index (χ3n) is 5.60. The number of carbonyl (C=O) groups is 2. The molecule has 3 aromatic carbocycles. The van der Waals surface area contributed by atoms with E-state index in [1.807, 2.05) is 67.6 Å². The maximum Gasteiger partial charge on any atom is 0.266 e. The highest BCUT2D eigenvalue weighted by molar-refractivity contribution is 6.30. The van der Waals surface area contributed by atoms with Gasteiger partial charge in [-0.3, -0.25) is 14.4 Å². The van der Waals surface area contributed by atoms with E-state index in [0.717, 1.165) is 16.8 Å². The highest BCUT2D eigenvalue weighted by Crippen LogP contribution is 2.47. The van der Waals surface area contributed by atoms with Crippen LogP contribution in [-0.2, 0) is 14.4 Å². The lowest BCUT2D eigenvalue weighted by Crippen LogP contribution is -2.37. The Morgan fingerprint density at radius 1 is 0.833 bits per heavy atom. The van der Waals surface area contributed by atoms with Crippen LogP contribution in [-0.4, -0.2) is 17.9 Å². The molecule has 2 fully saturated rings. The van der Waals surface area contributed by atoms with Crippen molar-refractivity contribution in [3.8, 4) is 0 Å². The van der Waals surface area contributed by atoms with E-state index in [0.29, 0.717) is 10.7 Å². The van der Waals surface area contributed by atoms with Gasteiger partial charge in [0.05, 0.1) is 17.4 Å². The van der Waals surface area contributed by atoms with Gasteiger partial charge in [-0.1, -0.05) is 54.1 Å². The topological polar surface area (TPSA) is 49.9 Å². The Kier molecular flexibility index (Phi) is 4.57. The molecule has 150 valence electrons. The van der Waals surface area contributed by atoms with E-state index in [4.69, 9.17) is 16.4 Å². The fraction of sp³-hybridized carbons (Fsp3) is 0.167. The Balaban J connectivity index is 1.59. The van der Waals surface area contributed by atoms with E-state index >= 15 is 0 Å². The normalized spacial score (nSPS) is 23.2. The zero-order chi connectivity index (χ0) is 20.8. The van der Waals surface area contributed by atoms with Gasteiger partial charge in [-0.25, -0.2) is 9.96 Å². The molecule has 0 saturated carbocycles. The minimum atomic E-state index is -0.876. The lowest BCUT2D eigenvalue weighted by atomic mass is 9.90. The number of aryl methyl sites for hydroxylation is 1. The molecule has 0 bridgehead atoms. The number of rotatable bonds is 3. The highest BCUT2D eigenvalue weighted by atomic mass is 35.5. The Hall–Kier alpha value is -3.15. The van der Waals surface area contributed by atoms with Crippen molar-refractivity contribution >= 4 is 34.8 Å². The van der Waals surface area contributed by atoms with Crippen LogP contribution in [0.3, 0.4) is 0 Å². The van der Waals surface area contributed by atoms with Gasteiger partial charge in [0.1, 0.15) is 5.92 Å². The number of benzene rings is 3. The van der Waals surface area contributed by atoms with Crippen molar-refractivity contribution in [1.29, 1.82) is 0 Å². The third kappa shape index (κ3) is 2.98. The number of fused-ring (bicyclic) bond motifs is 1. The van der Waals surface area contributed by atoms with Crippen LogP contribution in [0.25, 0.3) is 0 Å². The first-order chi connectivity index (χ1) is 14.5. The second-order valence-electron chi connectivity index (χ2n) is 7.56. The predicted molar refractivity (Wildman–Crippen MR) is 115 cm³/mol. The molecule has 2 aliphatic heterocycles. The summed E-state index contributed by atoms with van der Waals surface area (Å²) in [6, 6.07) is 23.8. The molecule has 2 saturated heterocycles. The molecule has 5 rings (SSSR count). The molecule has 3 aromatic rings. The van der Waals surface area contributed by atoms with Gasteiger partial charge in [0.15, 0.2) is 6.10 Å². The number of anilines is 2. The molecule has 0 N–H and O–H groups in total. The summed E-state index contributed by atoms with van der Waals surface area (Å²) in [6.07, 6.45) is -0.876. The summed E-state index contributed by atoms with van der Waals surface area (Å²) in [5.41, 5.74) is 3.20. The second-order valence-corrected chi connectivity index (χ2v) is 8.00. The van der Waals surface area contributed by atoms with Crippen molar-refractivity contribution in [2.75, 3.05) is 9.96 Å². The first-order valence-electron chi connectivity index (χ1n) is 9.75. The van der Waals surface area contributed by atoms with Crippen molar-refractivity contribution in [3.63, 3.8) is 0 Å². The predicted octanol–water partition coefficient (Wildman–Crippen LogP) is 4.70. The highest BCUT2D eigenvalue weighted by Gasteiger charge is 2.60. The molecule has 30 heavy (non-hydrogen) atoms. The Labute approximate surface area is 179 Å². The Morgan fingerprint density at radius 2 is 1.53 bits per heavy atom. The van der Waals surface area contributed by atoms with Crippen LogP contribution in [0.4, 0.5) is 11.4 Å². The number of hydrogen-bond acceptors (Lipinski definition) is 4. The Bertz CT molecular complexity index is 1120. The molecule has 0 spiro atoms. The van der Waals surface area contributed by atoms with Gasteiger partial charge >= 0.3 is 0 Å². The zero-order valence-corrected chi connectivity index (χ0v) is 17.0. The average Bonchev–Trinajstić information content (AvgIpc) is 3.26. The van der Waals surface area contributed by atoms with E-state index in [-0.39, 0.29) is 11.8 Å². The van der Waals surface area contributed by atoms with Gasteiger partial charge in [-0.05, 0) is 54.4 Å². The van der Waals surface area contributed by atoms with Gasteiger partial charge in [-0.2, -0.15) is 0 Å². The van der Waals surface area contributed by atoms with E-state index in [1.165, 1.54) is 4.90 Å². The minimum absolute atomic E-state index is 0.256. The molecule has 0 unspecified atom stereocenters. The summed E-state index contributed by atoms with van der Waals surface area (Å²) in [6.45, 7) is 1.93. The zero-order valence-electron chi connectivity index (χ0n) is 16.2. The van der Waals surface area contributed by atoms with Crippen molar-refractivity contribution in [1.82, 2.24) is 0 Å². The molecule has 5 nitrogen and oxygen atoms in total. The number of hydrogen-bond donors (Lipinski definition) is 0. The third-order valence-corrected chi connectivity index (χ3v) is 5.85. The van der Waals surface area contributed by atoms with Crippen LogP contribution < -0.4 is 9.96 Å². The SMILES string of the molecule is Cc1cccc(N2C(=O)[C@@H]3[C@@H](c4ccc(Cl)cc4)N(c4ccccc4)O[C@H]3C2=O)c1. The maximum absolute atomic E-state index is 13.5. The monoisotopic (exact) mass is 418 g/mol. The molecule has 2 heterocycles. The summed E-state index contributed by atoms with van der Waals surface area (Å²) >= 11 is 6.08. The molecule has 6 heteroatoms. The first kappa shape index (κ1) is 18.9. The molecular weight excluding hydrogens is 400 g/mol. The molecule has 0 aliphatic carbocycles. The van der Waals surface area contributed by atoms with Crippen LogP contribution in [0.2, 0.25) is 5.02 Å². The van der Waals surface area contributed by atoms with Crippen molar-refractivity contribution in [2.24, 2.45) is 5.92 Å². The van der Waals surface area contributed by atoms with Crippen LogP contribution in [0.1, 0.15) is 17.2 Å². The lowest BCUT2D eigenvalue weighted by molar-refractivity contribution is -0.126. The molecule has 2 amide bonds. The fourth-order valence-electron chi connectivity index (χ4n) is 4.23. The summed E-state index contributed by atoms with van der Waals surface area (Å²) in [5, 5.41) is 2.29. The second kappa shape index (κ2) is 7.27. The van der Waals surface area contributed by atoms with E-state index in [9.17, 15) is 9.59 Å². The number of nitrogens with zero attached hydrogens (tertiary/aromatic N) is 2. The smallest absolute Gasteiger partial charge is 0.266 e. The van der Waals surface area contributed by atoms with Crippen LogP contribution >= 0.6 is 11.6 Å². The maximum atomic E-state index is 13.5. The number of imide groups is 1. The number of para-hydroxylation sites is 1. The number of amides is 2. The summed E-state index contributed by atoms with van der Waals surface area (Å²) in [7, 11) is 0. The van der Waals surface area contributed by atoms with Crippen LogP contribution in [0.5, 0.6) is 0 Å². The van der Waals surface area contributed by atoms with E-state index in [2.05, 4.69) is 0 Å². The van der Waals surface area contributed by atoms with Crippen molar-refractivity contribution in [2.45, 2.75) is 19.1 Å². The summed E-state index contributed by atoms with van der Waals surface area (Å²) in [5.74, 6) is -1.25. The number of hydroxylamine groups is 1. The van der Waals surface area contributed by atoms with Crippen LogP contribution in [0, 0.1) is 12.8 Å². The van der Waals surface area contributed by atoms with E-state index < -0.39 is 18.1 Å². The van der Waals surface area contributed by atoms with Gasteiger partial charge in [-0.15, -0.1) is 0 Å². The number of carbonyl (C=O) groups excluding carboxylic acids is 2. The summed E-state index contributed by atoms with van der Waals surface area (Å²) in [4.78, 5) is 34.1. The molecule has 0 aromatic heterocycles. The van der Waals surface area contributed by atoms with Crippen molar-refractivity contribution in [3.05, 3.63) is 95.0 Å². The van der Waals surface area contributed by atoms with Gasteiger partial charge in [0, 0.05) is 5.02 Å². The average molecular weight is 419 g/mol. The number of halogens is 1. The fourth-order valence-corrected chi connectivity index (χ4v) is 4.36. The van der Waals surface area contributed by atoms with Crippen LogP contribution in [0.15, 0.2) is 78.9 Å². The van der Waals surface area contributed by atoms with Gasteiger partial charge in [0.2, 0.25) is 5.91 Å². The largest absolute Gasteiger partial charge is 0.273 e. The first-order valence-corrected chi connectivity index (χ1v) is 10.1. The molecular formula is C24H19ClN2O3. The lowest BCUT2D eigenvalue weighted by Gasteiger charge is -2.28.